The first-order valence-electron chi connectivity index (χ1n) is 6.98. The number of amides is 2. The van der Waals surface area contributed by atoms with Crippen LogP contribution in [0.2, 0.25) is 0 Å². The summed E-state index contributed by atoms with van der Waals surface area (Å²) in [5.41, 5.74) is 1.15. The van der Waals surface area contributed by atoms with Crippen LogP contribution < -0.4 is 5.32 Å². The topological polar surface area (TPSA) is 69.6 Å². The Morgan fingerprint density at radius 3 is 2.65 bits per heavy atom. The number of nitrogens with one attached hydrogen (secondary N) is 1. The fourth-order valence-electron chi connectivity index (χ4n) is 2.57. The minimum Gasteiger partial charge on any atom is -0.478 e. The number of benzene rings is 1. The Balaban J connectivity index is 1.88. The summed E-state index contributed by atoms with van der Waals surface area (Å²) in [7, 11) is 0. The molecule has 0 saturated carbocycles. The molecule has 108 valence electrons. The van der Waals surface area contributed by atoms with Crippen molar-refractivity contribution in [3.63, 3.8) is 0 Å². The van der Waals surface area contributed by atoms with Gasteiger partial charge >= 0.3 is 12.0 Å². The van der Waals surface area contributed by atoms with E-state index in [2.05, 4.69) is 12.2 Å². The van der Waals surface area contributed by atoms with Gasteiger partial charge in [0.15, 0.2) is 0 Å². The molecule has 2 amide bonds. The molecule has 20 heavy (non-hydrogen) atoms. The molecule has 5 heteroatoms. The van der Waals surface area contributed by atoms with Crippen LogP contribution in [0.3, 0.4) is 0 Å². The van der Waals surface area contributed by atoms with Gasteiger partial charge in [0.2, 0.25) is 0 Å². The van der Waals surface area contributed by atoms with Crippen LogP contribution in [0.4, 0.5) is 4.79 Å². The van der Waals surface area contributed by atoms with E-state index in [1.807, 2.05) is 4.90 Å². The van der Waals surface area contributed by atoms with Gasteiger partial charge in [-0.05, 0) is 37.0 Å². The number of urea groups is 1. The predicted molar refractivity (Wildman–Crippen MR) is 75.7 cm³/mol. The van der Waals surface area contributed by atoms with E-state index in [0.717, 1.165) is 31.4 Å². The fourth-order valence-corrected chi connectivity index (χ4v) is 2.57. The van der Waals surface area contributed by atoms with Crippen molar-refractivity contribution in [3.8, 4) is 0 Å². The van der Waals surface area contributed by atoms with E-state index in [1.54, 1.807) is 24.3 Å². The molecule has 0 aliphatic carbocycles. The first kappa shape index (κ1) is 14.4. The highest BCUT2D eigenvalue weighted by Crippen LogP contribution is 2.19. The van der Waals surface area contributed by atoms with Crippen LogP contribution in [0, 0.1) is 0 Å². The quantitative estimate of drug-likeness (QED) is 0.887. The number of likely N-dealkylation sites (tertiary alicyclic amines) is 1. The third kappa shape index (κ3) is 3.29. The number of carboxylic acids is 1. The number of nitrogens with zero attached hydrogens (tertiary/aromatic N) is 1. The van der Waals surface area contributed by atoms with Crippen LogP contribution in [-0.2, 0) is 6.54 Å². The summed E-state index contributed by atoms with van der Waals surface area (Å²) < 4.78 is 0. The van der Waals surface area contributed by atoms with Gasteiger partial charge in [-0.25, -0.2) is 9.59 Å². The summed E-state index contributed by atoms with van der Waals surface area (Å²) in [6.07, 6.45) is 3.14. The van der Waals surface area contributed by atoms with Crippen LogP contribution in [0.1, 0.15) is 42.1 Å². The molecule has 1 fully saturated rings. The molecule has 0 spiro atoms. The van der Waals surface area contributed by atoms with Gasteiger partial charge < -0.3 is 15.3 Å². The monoisotopic (exact) mass is 276 g/mol. The first-order valence-corrected chi connectivity index (χ1v) is 6.98. The van der Waals surface area contributed by atoms with E-state index in [-0.39, 0.29) is 11.6 Å². The SMILES string of the molecule is CCC1CCCN1C(=O)NCc1ccc(C(=O)O)cc1. The highest BCUT2D eigenvalue weighted by atomic mass is 16.4. The smallest absolute Gasteiger partial charge is 0.335 e. The molecule has 2 rings (SSSR count). The lowest BCUT2D eigenvalue weighted by Gasteiger charge is -2.23. The normalized spacial score (nSPS) is 18.1. The van der Waals surface area contributed by atoms with Gasteiger partial charge in [0.1, 0.15) is 0 Å². The van der Waals surface area contributed by atoms with E-state index in [4.69, 9.17) is 5.11 Å². The maximum absolute atomic E-state index is 12.1. The third-order valence-electron chi connectivity index (χ3n) is 3.75. The van der Waals surface area contributed by atoms with Gasteiger partial charge in [0.05, 0.1) is 5.56 Å². The van der Waals surface area contributed by atoms with Crippen molar-refractivity contribution in [1.82, 2.24) is 10.2 Å². The lowest BCUT2D eigenvalue weighted by Crippen LogP contribution is -2.42. The summed E-state index contributed by atoms with van der Waals surface area (Å²) in [4.78, 5) is 24.7. The van der Waals surface area contributed by atoms with Crippen molar-refractivity contribution in [2.75, 3.05) is 6.54 Å². The number of carbonyl (C=O) groups is 2. The largest absolute Gasteiger partial charge is 0.478 e. The van der Waals surface area contributed by atoms with Crippen molar-refractivity contribution in [2.24, 2.45) is 0 Å². The second-order valence-electron chi connectivity index (χ2n) is 5.06. The summed E-state index contributed by atoms with van der Waals surface area (Å²) in [6.45, 7) is 3.34. The zero-order valence-corrected chi connectivity index (χ0v) is 11.6. The highest BCUT2D eigenvalue weighted by molar-refractivity contribution is 5.87. The summed E-state index contributed by atoms with van der Waals surface area (Å²) >= 11 is 0. The van der Waals surface area contributed by atoms with Gasteiger partial charge in [-0.1, -0.05) is 19.1 Å². The molecular formula is C15H20N2O3. The molecule has 1 atom stereocenters. The Kier molecular flexibility index (Phi) is 4.61. The Morgan fingerprint density at radius 1 is 1.35 bits per heavy atom. The molecule has 1 saturated heterocycles. The maximum Gasteiger partial charge on any atom is 0.335 e. The molecule has 0 bridgehead atoms. The molecule has 0 radical (unpaired) electrons. The number of carboxylic acid groups (broad SMARTS) is 1. The molecule has 1 aromatic rings. The van der Waals surface area contributed by atoms with Crippen molar-refractivity contribution in [2.45, 2.75) is 38.8 Å². The molecule has 0 aromatic heterocycles. The predicted octanol–water partition coefficient (Wildman–Crippen LogP) is 2.47. The van der Waals surface area contributed by atoms with Crippen LogP contribution in [-0.4, -0.2) is 34.6 Å². The average molecular weight is 276 g/mol. The van der Waals surface area contributed by atoms with Gasteiger partial charge in [0, 0.05) is 19.1 Å². The Bertz CT molecular complexity index is 484. The standard InChI is InChI=1S/C15H20N2O3/c1-2-13-4-3-9-17(13)15(20)16-10-11-5-7-12(8-6-11)14(18)19/h5-8,13H,2-4,9-10H2,1H3,(H,16,20)(H,18,19). The Labute approximate surface area is 118 Å². The molecule has 1 unspecified atom stereocenters. The van der Waals surface area contributed by atoms with Crippen LogP contribution in [0.25, 0.3) is 0 Å². The van der Waals surface area contributed by atoms with Gasteiger partial charge in [-0.3, -0.25) is 0 Å². The summed E-state index contributed by atoms with van der Waals surface area (Å²) in [5.74, 6) is -0.941. The van der Waals surface area contributed by atoms with Gasteiger partial charge in [-0.2, -0.15) is 0 Å². The number of rotatable bonds is 4. The van der Waals surface area contributed by atoms with Crippen molar-refractivity contribution in [1.29, 1.82) is 0 Å². The van der Waals surface area contributed by atoms with Gasteiger partial charge in [-0.15, -0.1) is 0 Å². The molecule has 1 heterocycles. The van der Waals surface area contributed by atoms with Crippen molar-refractivity contribution in [3.05, 3.63) is 35.4 Å². The van der Waals surface area contributed by atoms with E-state index in [0.29, 0.717) is 12.6 Å². The Hall–Kier alpha value is -2.04. The lowest BCUT2D eigenvalue weighted by molar-refractivity contribution is 0.0697. The zero-order valence-electron chi connectivity index (χ0n) is 11.6. The van der Waals surface area contributed by atoms with Crippen molar-refractivity contribution < 1.29 is 14.7 Å². The van der Waals surface area contributed by atoms with E-state index >= 15 is 0 Å². The fraction of sp³-hybridized carbons (Fsp3) is 0.467. The number of hydrogen-bond acceptors (Lipinski definition) is 2. The second kappa shape index (κ2) is 6.41. The van der Waals surface area contributed by atoms with Gasteiger partial charge in [0.25, 0.3) is 0 Å². The van der Waals surface area contributed by atoms with E-state index < -0.39 is 5.97 Å². The first-order chi connectivity index (χ1) is 9.61. The third-order valence-corrected chi connectivity index (χ3v) is 3.75. The molecule has 5 nitrogen and oxygen atoms in total. The van der Waals surface area contributed by atoms with Crippen LogP contribution in [0.5, 0.6) is 0 Å². The summed E-state index contributed by atoms with van der Waals surface area (Å²) in [5, 5.41) is 11.7. The number of hydrogen-bond donors (Lipinski definition) is 2. The zero-order chi connectivity index (χ0) is 14.5. The van der Waals surface area contributed by atoms with Crippen molar-refractivity contribution >= 4 is 12.0 Å². The molecule has 1 aromatic carbocycles. The maximum atomic E-state index is 12.1. The lowest BCUT2D eigenvalue weighted by atomic mass is 10.1. The van der Waals surface area contributed by atoms with Crippen LogP contribution in [0.15, 0.2) is 24.3 Å². The molecule has 1 aliphatic rings. The second-order valence-corrected chi connectivity index (χ2v) is 5.06. The Morgan fingerprint density at radius 2 is 2.05 bits per heavy atom. The summed E-state index contributed by atoms with van der Waals surface area (Å²) in [6, 6.07) is 6.88. The molecule has 2 N–H and O–H groups in total. The molecular weight excluding hydrogens is 256 g/mol. The van der Waals surface area contributed by atoms with Crippen LogP contribution >= 0.6 is 0 Å². The van der Waals surface area contributed by atoms with E-state index in [1.165, 1.54) is 0 Å². The minimum atomic E-state index is -0.941. The number of carbonyl (C=O) groups excluding carboxylic acids is 1. The molecule has 1 aliphatic heterocycles. The number of aromatic carboxylic acids is 1. The van der Waals surface area contributed by atoms with E-state index in [9.17, 15) is 9.59 Å². The average Bonchev–Trinajstić information content (AvgIpc) is 2.93. The minimum absolute atomic E-state index is 0.0309. The highest BCUT2D eigenvalue weighted by Gasteiger charge is 2.26.